The van der Waals surface area contributed by atoms with Gasteiger partial charge in [-0.2, -0.15) is 0 Å². The fraction of sp³-hybridized carbons (Fsp3) is 0.250. The Kier molecular flexibility index (Phi) is 4.21. The highest BCUT2D eigenvalue weighted by molar-refractivity contribution is 6.31. The SMILES string of the molecule is C#CCN(CC)C(=O)c1cc(N)cc(Cl)c1. The highest BCUT2D eigenvalue weighted by Gasteiger charge is 2.13. The summed E-state index contributed by atoms with van der Waals surface area (Å²) in [6.07, 6.45) is 5.19. The first-order valence-corrected chi connectivity index (χ1v) is 5.25. The monoisotopic (exact) mass is 236 g/mol. The minimum Gasteiger partial charge on any atom is -0.399 e. The van der Waals surface area contributed by atoms with E-state index < -0.39 is 0 Å². The Labute approximate surface area is 100 Å². The van der Waals surface area contributed by atoms with Gasteiger partial charge in [0.2, 0.25) is 0 Å². The van der Waals surface area contributed by atoms with Crippen molar-refractivity contribution in [1.82, 2.24) is 4.90 Å². The number of anilines is 1. The van der Waals surface area contributed by atoms with E-state index in [4.69, 9.17) is 23.8 Å². The molecule has 0 aliphatic rings. The Morgan fingerprint density at radius 1 is 1.56 bits per heavy atom. The lowest BCUT2D eigenvalue weighted by atomic mass is 10.1. The number of amides is 1. The molecule has 4 heteroatoms. The van der Waals surface area contributed by atoms with E-state index in [9.17, 15) is 4.79 Å². The van der Waals surface area contributed by atoms with Gasteiger partial charge in [0.05, 0.1) is 6.54 Å². The van der Waals surface area contributed by atoms with Crippen LogP contribution in [0.1, 0.15) is 17.3 Å². The van der Waals surface area contributed by atoms with Gasteiger partial charge in [0, 0.05) is 22.8 Å². The molecule has 16 heavy (non-hydrogen) atoms. The summed E-state index contributed by atoms with van der Waals surface area (Å²) in [5, 5.41) is 0.445. The van der Waals surface area contributed by atoms with Crippen LogP contribution in [0.15, 0.2) is 18.2 Å². The lowest BCUT2D eigenvalue weighted by Crippen LogP contribution is -2.31. The Bertz CT molecular complexity index is 417. The quantitative estimate of drug-likeness (QED) is 0.645. The third kappa shape index (κ3) is 2.91. The topological polar surface area (TPSA) is 46.3 Å². The third-order valence-corrected chi connectivity index (χ3v) is 2.34. The largest absolute Gasteiger partial charge is 0.399 e. The Morgan fingerprint density at radius 2 is 2.25 bits per heavy atom. The minimum atomic E-state index is -0.158. The van der Waals surface area contributed by atoms with E-state index in [1.807, 2.05) is 6.92 Å². The summed E-state index contributed by atoms with van der Waals surface area (Å²) in [5.41, 5.74) is 6.54. The van der Waals surface area contributed by atoms with Gasteiger partial charge in [-0.05, 0) is 25.1 Å². The number of benzene rings is 1. The van der Waals surface area contributed by atoms with E-state index >= 15 is 0 Å². The third-order valence-electron chi connectivity index (χ3n) is 2.12. The molecule has 0 saturated carbocycles. The van der Waals surface area contributed by atoms with Crippen molar-refractivity contribution in [1.29, 1.82) is 0 Å². The van der Waals surface area contributed by atoms with Crippen LogP contribution in [0.5, 0.6) is 0 Å². The molecular formula is C12H13ClN2O. The summed E-state index contributed by atoms with van der Waals surface area (Å²) in [5.74, 6) is 2.28. The first-order chi connectivity index (χ1) is 7.58. The fourth-order valence-corrected chi connectivity index (χ4v) is 1.60. The summed E-state index contributed by atoms with van der Waals surface area (Å²) in [7, 11) is 0. The number of carbonyl (C=O) groups is 1. The van der Waals surface area contributed by atoms with Crippen LogP contribution in [0.3, 0.4) is 0 Å². The van der Waals surface area contributed by atoms with Crippen molar-refractivity contribution in [2.24, 2.45) is 0 Å². The second kappa shape index (κ2) is 5.43. The molecular weight excluding hydrogens is 224 g/mol. The number of terminal acetylenes is 1. The number of rotatable bonds is 3. The normalized spacial score (nSPS) is 9.56. The Balaban J connectivity index is 2.99. The van der Waals surface area contributed by atoms with Gasteiger partial charge in [0.25, 0.3) is 5.91 Å². The molecule has 2 N–H and O–H groups in total. The van der Waals surface area contributed by atoms with Crippen LogP contribution in [-0.4, -0.2) is 23.9 Å². The second-order valence-electron chi connectivity index (χ2n) is 3.30. The van der Waals surface area contributed by atoms with Crippen molar-refractivity contribution >= 4 is 23.2 Å². The van der Waals surface area contributed by atoms with Gasteiger partial charge in [-0.3, -0.25) is 4.79 Å². The molecule has 1 aromatic carbocycles. The van der Waals surface area contributed by atoms with Crippen LogP contribution in [0.2, 0.25) is 5.02 Å². The summed E-state index contributed by atoms with van der Waals surface area (Å²) >= 11 is 5.83. The van der Waals surface area contributed by atoms with Crippen LogP contribution in [0, 0.1) is 12.3 Å². The molecule has 0 heterocycles. The molecule has 1 aromatic rings. The zero-order chi connectivity index (χ0) is 12.1. The molecule has 0 radical (unpaired) electrons. The zero-order valence-corrected chi connectivity index (χ0v) is 9.79. The molecule has 0 atom stereocenters. The fourth-order valence-electron chi connectivity index (χ4n) is 1.36. The molecule has 0 unspecified atom stereocenters. The molecule has 0 bridgehead atoms. The van der Waals surface area contributed by atoms with Crippen LogP contribution in [-0.2, 0) is 0 Å². The van der Waals surface area contributed by atoms with Crippen LogP contribution in [0.25, 0.3) is 0 Å². The van der Waals surface area contributed by atoms with Crippen molar-refractivity contribution in [3.63, 3.8) is 0 Å². The Morgan fingerprint density at radius 3 is 2.75 bits per heavy atom. The molecule has 0 aliphatic carbocycles. The molecule has 3 nitrogen and oxygen atoms in total. The van der Waals surface area contributed by atoms with Gasteiger partial charge < -0.3 is 10.6 Å². The first-order valence-electron chi connectivity index (χ1n) is 4.87. The van der Waals surface area contributed by atoms with Crippen LogP contribution >= 0.6 is 11.6 Å². The number of nitrogen functional groups attached to an aromatic ring is 1. The van der Waals surface area contributed by atoms with E-state index in [1.165, 1.54) is 0 Å². The van der Waals surface area contributed by atoms with E-state index in [-0.39, 0.29) is 12.5 Å². The lowest BCUT2D eigenvalue weighted by Gasteiger charge is -2.18. The first kappa shape index (κ1) is 12.4. The lowest BCUT2D eigenvalue weighted by molar-refractivity contribution is 0.0785. The smallest absolute Gasteiger partial charge is 0.254 e. The van der Waals surface area contributed by atoms with Crippen molar-refractivity contribution in [3.8, 4) is 12.3 Å². The predicted octanol–water partition coefficient (Wildman–Crippen LogP) is 2.02. The number of nitrogens with two attached hydrogens (primary N) is 1. The molecule has 0 fully saturated rings. The highest BCUT2D eigenvalue weighted by atomic mass is 35.5. The van der Waals surface area contributed by atoms with Crippen molar-refractivity contribution in [2.45, 2.75) is 6.92 Å². The van der Waals surface area contributed by atoms with Gasteiger partial charge in [0.1, 0.15) is 0 Å². The molecule has 84 valence electrons. The van der Waals surface area contributed by atoms with Gasteiger partial charge in [-0.1, -0.05) is 17.5 Å². The molecule has 0 aliphatic heterocycles. The van der Waals surface area contributed by atoms with Gasteiger partial charge in [-0.15, -0.1) is 6.42 Å². The zero-order valence-electron chi connectivity index (χ0n) is 9.03. The van der Waals surface area contributed by atoms with E-state index in [0.717, 1.165) is 0 Å². The van der Waals surface area contributed by atoms with E-state index in [1.54, 1.807) is 23.1 Å². The summed E-state index contributed by atoms with van der Waals surface area (Å²) in [6, 6.07) is 4.77. The summed E-state index contributed by atoms with van der Waals surface area (Å²) in [4.78, 5) is 13.5. The van der Waals surface area contributed by atoms with Gasteiger partial charge in [-0.25, -0.2) is 0 Å². The number of halogens is 1. The predicted molar refractivity (Wildman–Crippen MR) is 66.3 cm³/mol. The van der Waals surface area contributed by atoms with Crippen LogP contribution in [0.4, 0.5) is 5.69 Å². The second-order valence-corrected chi connectivity index (χ2v) is 3.73. The summed E-state index contributed by atoms with van der Waals surface area (Å²) in [6.45, 7) is 2.69. The van der Waals surface area contributed by atoms with Gasteiger partial charge >= 0.3 is 0 Å². The Hall–Kier alpha value is -1.66. The maximum atomic E-state index is 12.0. The van der Waals surface area contributed by atoms with E-state index in [2.05, 4.69) is 5.92 Å². The van der Waals surface area contributed by atoms with Gasteiger partial charge in [0.15, 0.2) is 0 Å². The van der Waals surface area contributed by atoms with Crippen molar-refractivity contribution in [2.75, 3.05) is 18.8 Å². The van der Waals surface area contributed by atoms with E-state index in [0.29, 0.717) is 22.8 Å². The average molecular weight is 237 g/mol. The summed E-state index contributed by atoms with van der Waals surface area (Å²) < 4.78 is 0. The number of hydrogen-bond donors (Lipinski definition) is 1. The highest BCUT2D eigenvalue weighted by Crippen LogP contribution is 2.17. The standard InChI is InChI=1S/C12H13ClN2O/c1-3-5-15(4-2)12(16)9-6-10(13)8-11(14)7-9/h1,6-8H,4-5,14H2,2H3. The number of hydrogen-bond acceptors (Lipinski definition) is 2. The average Bonchev–Trinajstić information content (AvgIpc) is 2.23. The molecule has 1 amide bonds. The number of carbonyl (C=O) groups excluding carboxylic acids is 1. The number of nitrogens with zero attached hydrogens (tertiary/aromatic N) is 1. The van der Waals surface area contributed by atoms with Crippen molar-refractivity contribution < 1.29 is 4.79 Å². The van der Waals surface area contributed by atoms with Crippen molar-refractivity contribution in [3.05, 3.63) is 28.8 Å². The molecule has 0 saturated heterocycles. The molecule has 0 aromatic heterocycles. The maximum absolute atomic E-state index is 12.0. The minimum absolute atomic E-state index is 0.158. The molecule has 0 spiro atoms. The van der Waals surface area contributed by atoms with Crippen LogP contribution < -0.4 is 5.73 Å². The maximum Gasteiger partial charge on any atom is 0.254 e. The molecule has 1 rings (SSSR count).